The van der Waals surface area contributed by atoms with E-state index in [0.29, 0.717) is 6.07 Å². The quantitative estimate of drug-likeness (QED) is 0.871. The Morgan fingerprint density at radius 2 is 2.00 bits per heavy atom. The van der Waals surface area contributed by atoms with Crippen molar-refractivity contribution in [1.82, 2.24) is 4.98 Å². The Bertz CT molecular complexity index is 726. The fraction of sp³-hybridized carbons (Fsp3) is 0.267. The number of fused-ring (bicyclic) bond motifs is 1. The number of benzene rings is 1. The number of allylic oxidation sites excluding steroid dienone is 2. The van der Waals surface area contributed by atoms with Gasteiger partial charge in [0.25, 0.3) is 0 Å². The van der Waals surface area contributed by atoms with E-state index in [1.807, 2.05) is 19.9 Å². The number of hydrogen-bond acceptors (Lipinski definition) is 1. The molecule has 1 N–H and O–H groups in total. The van der Waals surface area contributed by atoms with Crippen molar-refractivity contribution in [2.24, 2.45) is 0 Å². The summed E-state index contributed by atoms with van der Waals surface area (Å²) in [6.07, 6.45) is -1.80. The number of nitrogens with one attached hydrogen (secondary N) is 1. The van der Waals surface area contributed by atoms with E-state index in [9.17, 15) is 18.0 Å². The van der Waals surface area contributed by atoms with Gasteiger partial charge in [0.15, 0.2) is 0 Å². The normalized spacial score (nSPS) is 12.9. The van der Waals surface area contributed by atoms with Gasteiger partial charge in [-0.15, -0.1) is 0 Å². The Kier molecular flexibility index (Phi) is 3.70. The van der Waals surface area contributed by atoms with Crippen LogP contribution in [0.3, 0.4) is 0 Å². The van der Waals surface area contributed by atoms with Crippen molar-refractivity contribution >= 4 is 16.5 Å². The Balaban J connectivity index is 2.76. The van der Waals surface area contributed by atoms with Gasteiger partial charge in [0.05, 0.1) is 5.56 Å². The van der Waals surface area contributed by atoms with E-state index >= 15 is 0 Å². The minimum atomic E-state index is -4.55. The standard InChI is InChI=1S/C15H14F3NO/c1-3-4-9(2)10-5-6-13-11(7-10)12(15(16,17)18)8-14(20)19-13/h4-8H,3H2,1-2H3,(H,19,20)/b9-4-. The van der Waals surface area contributed by atoms with Crippen LogP contribution in [0.25, 0.3) is 16.5 Å². The van der Waals surface area contributed by atoms with Crippen LogP contribution in [0.4, 0.5) is 13.2 Å². The van der Waals surface area contributed by atoms with Gasteiger partial charge in [-0.3, -0.25) is 4.79 Å². The van der Waals surface area contributed by atoms with Crippen LogP contribution in [0.5, 0.6) is 0 Å². The summed E-state index contributed by atoms with van der Waals surface area (Å²) in [5, 5.41) is 0.0125. The smallest absolute Gasteiger partial charge is 0.322 e. The maximum absolute atomic E-state index is 13.0. The summed E-state index contributed by atoms with van der Waals surface area (Å²) in [6.45, 7) is 3.81. The average molecular weight is 281 g/mol. The molecule has 0 aliphatic rings. The van der Waals surface area contributed by atoms with Crippen LogP contribution in [0.2, 0.25) is 0 Å². The number of H-pyrrole nitrogens is 1. The molecule has 0 aliphatic carbocycles. The van der Waals surface area contributed by atoms with E-state index in [-0.39, 0.29) is 10.9 Å². The number of alkyl halides is 3. The average Bonchev–Trinajstić information content (AvgIpc) is 2.36. The van der Waals surface area contributed by atoms with E-state index < -0.39 is 17.3 Å². The van der Waals surface area contributed by atoms with Crippen LogP contribution in [-0.4, -0.2) is 4.98 Å². The summed E-state index contributed by atoms with van der Waals surface area (Å²) in [5.74, 6) is 0. The highest BCUT2D eigenvalue weighted by molar-refractivity contribution is 5.86. The topological polar surface area (TPSA) is 32.9 Å². The first-order chi connectivity index (χ1) is 9.32. The first-order valence-electron chi connectivity index (χ1n) is 6.24. The summed E-state index contributed by atoms with van der Waals surface area (Å²) >= 11 is 0. The van der Waals surface area contributed by atoms with Gasteiger partial charge in [0.2, 0.25) is 5.56 Å². The molecule has 1 aromatic carbocycles. The lowest BCUT2D eigenvalue weighted by Gasteiger charge is -2.11. The third-order valence-electron chi connectivity index (χ3n) is 3.11. The molecule has 0 aliphatic heterocycles. The van der Waals surface area contributed by atoms with Gasteiger partial charge in [-0.05, 0) is 36.6 Å². The van der Waals surface area contributed by atoms with Gasteiger partial charge >= 0.3 is 6.18 Å². The highest BCUT2D eigenvalue weighted by Crippen LogP contribution is 2.34. The van der Waals surface area contributed by atoms with Crippen molar-refractivity contribution < 1.29 is 13.2 Å². The van der Waals surface area contributed by atoms with E-state index in [1.54, 1.807) is 6.07 Å². The van der Waals surface area contributed by atoms with Crippen molar-refractivity contribution in [2.45, 2.75) is 26.4 Å². The Morgan fingerprint density at radius 1 is 1.30 bits per heavy atom. The number of aromatic nitrogens is 1. The molecule has 0 bridgehead atoms. The second-order valence-electron chi connectivity index (χ2n) is 4.60. The van der Waals surface area contributed by atoms with Crippen LogP contribution in [0, 0.1) is 0 Å². The van der Waals surface area contributed by atoms with Gasteiger partial charge in [-0.1, -0.05) is 19.1 Å². The molecule has 0 fully saturated rings. The first-order valence-corrected chi connectivity index (χ1v) is 6.24. The van der Waals surface area contributed by atoms with Crippen molar-refractivity contribution in [2.75, 3.05) is 0 Å². The summed E-state index contributed by atoms with van der Waals surface area (Å²) in [4.78, 5) is 13.7. The predicted molar refractivity (Wildman–Crippen MR) is 73.5 cm³/mol. The fourth-order valence-electron chi connectivity index (χ4n) is 2.16. The molecule has 2 rings (SSSR count). The maximum Gasteiger partial charge on any atom is 0.417 e. The molecule has 0 spiro atoms. The minimum absolute atomic E-state index is 0.0125. The van der Waals surface area contributed by atoms with Crippen molar-refractivity contribution in [3.63, 3.8) is 0 Å². The van der Waals surface area contributed by atoms with Crippen molar-refractivity contribution in [3.05, 3.63) is 51.8 Å². The molecule has 2 nitrogen and oxygen atoms in total. The molecule has 0 radical (unpaired) electrons. The molecule has 2 aromatic rings. The third-order valence-corrected chi connectivity index (χ3v) is 3.11. The largest absolute Gasteiger partial charge is 0.417 e. The number of halogens is 3. The molecule has 0 saturated heterocycles. The molecular weight excluding hydrogens is 267 g/mol. The second kappa shape index (κ2) is 5.15. The number of aromatic amines is 1. The van der Waals surface area contributed by atoms with Gasteiger partial charge in [-0.25, -0.2) is 0 Å². The Morgan fingerprint density at radius 3 is 2.60 bits per heavy atom. The second-order valence-corrected chi connectivity index (χ2v) is 4.60. The molecular formula is C15H14F3NO. The Labute approximate surface area is 113 Å². The van der Waals surface area contributed by atoms with Crippen molar-refractivity contribution in [3.8, 4) is 0 Å². The molecule has 1 aromatic heterocycles. The molecule has 0 amide bonds. The zero-order valence-corrected chi connectivity index (χ0v) is 11.1. The van der Waals surface area contributed by atoms with Crippen LogP contribution in [0.15, 0.2) is 35.1 Å². The van der Waals surface area contributed by atoms with Gasteiger partial charge in [0.1, 0.15) is 0 Å². The van der Waals surface area contributed by atoms with E-state index in [0.717, 1.165) is 17.6 Å². The zero-order chi connectivity index (χ0) is 14.9. The highest BCUT2D eigenvalue weighted by atomic mass is 19.4. The Hall–Kier alpha value is -2.04. The molecule has 5 heteroatoms. The lowest BCUT2D eigenvalue weighted by molar-refractivity contribution is -0.136. The highest BCUT2D eigenvalue weighted by Gasteiger charge is 2.33. The lowest BCUT2D eigenvalue weighted by atomic mass is 10.0. The van der Waals surface area contributed by atoms with Gasteiger partial charge in [-0.2, -0.15) is 13.2 Å². The van der Waals surface area contributed by atoms with Crippen LogP contribution in [0.1, 0.15) is 31.4 Å². The molecule has 0 saturated carbocycles. The minimum Gasteiger partial charge on any atom is -0.322 e. The molecule has 20 heavy (non-hydrogen) atoms. The molecule has 106 valence electrons. The first kappa shape index (κ1) is 14.4. The van der Waals surface area contributed by atoms with Gasteiger partial charge < -0.3 is 4.98 Å². The maximum atomic E-state index is 13.0. The summed E-state index contributed by atoms with van der Waals surface area (Å²) < 4.78 is 39.0. The number of pyridine rings is 1. The summed E-state index contributed by atoms with van der Waals surface area (Å²) in [6, 6.07) is 5.29. The summed E-state index contributed by atoms with van der Waals surface area (Å²) in [5.41, 5.74) is 0.171. The van der Waals surface area contributed by atoms with Crippen LogP contribution < -0.4 is 5.56 Å². The van der Waals surface area contributed by atoms with Crippen LogP contribution >= 0.6 is 0 Å². The predicted octanol–water partition coefficient (Wildman–Crippen LogP) is 4.36. The number of hydrogen-bond donors (Lipinski definition) is 1. The lowest BCUT2D eigenvalue weighted by Crippen LogP contribution is -2.14. The van der Waals surface area contributed by atoms with Gasteiger partial charge in [0, 0.05) is 17.0 Å². The monoisotopic (exact) mass is 281 g/mol. The SMILES string of the molecule is CC/C=C(/C)c1ccc2[nH]c(=O)cc(C(F)(F)F)c2c1. The van der Waals surface area contributed by atoms with Crippen LogP contribution in [-0.2, 0) is 6.18 Å². The molecule has 0 atom stereocenters. The van der Waals surface area contributed by atoms with E-state index in [1.165, 1.54) is 12.1 Å². The van der Waals surface area contributed by atoms with E-state index in [2.05, 4.69) is 4.98 Å². The number of rotatable bonds is 2. The summed E-state index contributed by atoms with van der Waals surface area (Å²) in [7, 11) is 0. The molecule has 1 heterocycles. The van der Waals surface area contributed by atoms with Crippen molar-refractivity contribution in [1.29, 1.82) is 0 Å². The zero-order valence-electron chi connectivity index (χ0n) is 11.1. The van der Waals surface area contributed by atoms with E-state index in [4.69, 9.17) is 0 Å². The third kappa shape index (κ3) is 2.76. The molecule has 0 unspecified atom stereocenters. The fourth-order valence-corrected chi connectivity index (χ4v) is 2.16.